The monoisotopic (exact) mass is 312 g/mol. The van der Waals surface area contributed by atoms with Crippen LogP contribution in [0, 0.1) is 6.92 Å². The van der Waals surface area contributed by atoms with Crippen LogP contribution >= 0.6 is 11.6 Å². The molecule has 0 bridgehead atoms. The first kappa shape index (κ1) is 14.8. The fraction of sp³-hybridized carbons (Fsp3) is 0.222. The molecule has 0 spiro atoms. The molecule has 0 atom stereocenters. The average Bonchev–Trinajstić information content (AvgIpc) is 2.49. The molecule has 0 amide bonds. The minimum Gasteiger partial charge on any atom is -0.268 e. The maximum atomic E-state index is 12.8. The molecule has 0 saturated carbocycles. The van der Waals surface area contributed by atoms with Crippen LogP contribution in [0.4, 0.5) is 0 Å². The molecule has 3 nitrogen and oxygen atoms in total. The van der Waals surface area contributed by atoms with Crippen LogP contribution in [-0.2, 0) is 0 Å². The standard InChI is InChI=1S/C18H17ClN2O/c1-11(2)13-4-7-15(8-5-13)21-12(3)20-17-9-6-14(19)10-16(17)18(21)22/h4-11H,1-3H3. The summed E-state index contributed by atoms with van der Waals surface area (Å²) in [4.78, 5) is 17.3. The van der Waals surface area contributed by atoms with Gasteiger partial charge in [0.25, 0.3) is 5.56 Å². The maximum Gasteiger partial charge on any atom is 0.266 e. The Morgan fingerprint density at radius 1 is 1.09 bits per heavy atom. The van der Waals surface area contributed by atoms with Crippen LogP contribution < -0.4 is 5.56 Å². The van der Waals surface area contributed by atoms with Gasteiger partial charge in [0, 0.05) is 5.02 Å². The van der Waals surface area contributed by atoms with Crippen LogP contribution in [0.15, 0.2) is 47.3 Å². The van der Waals surface area contributed by atoms with Crippen LogP contribution in [0.1, 0.15) is 31.2 Å². The summed E-state index contributed by atoms with van der Waals surface area (Å²) in [5.41, 5.74) is 2.64. The van der Waals surface area contributed by atoms with Crippen LogP contribution in [0.5, 0.6) is 0 Å². The molecule has 3 aromatic rings. The summed E-state index contributed by atoms with van der Waals surface area (Å²) < 4.78 is 1.63. The summed E-state index contributed by atoms with van der Waals surface area (Å²) in [5.74, 6) is 1.12. The molecule has 0 fully saturated rings. The van der Waals surface area contributed by atoms with E-state index in [1.165, 1.54) is 5.56 Å². The van der Waals surface area contributed by atoms with E-state index in [-0.39, 0.29) is 5.56 Å². The van der Waals surface area contributed by atoms with Crippen molar-refractivity contribution >= 4 is 22.5 Å². The molecule has 0 radical (unpaired) electrons. The Kier molecular flexibility index (Phi) is 3.75. The third kappa shape index (κ3) is 2.53. The molecule has 0 N–H and O–H groups in total. The molecule has 0 unspecified atom stereocenters. The lowest BCUT2D eigenvalue weighted by Gasteiger charge is -2.12. The first-order valence-electron chi connectivity index (χ1n) is 7.26. The molecular formula is C18H17ClN2O. The van der Waals surface area contributed by atoms with E-state index >= 15 is 0 Å². The molecule has 3 rings (SSSR count). The van der Waals surface area contributed by atoms with Gasteiger partial charge in [-0.1, -0.05) is 37.6 Å². The highest BCUT2D eigenvalue weighted by molar-refractivity contribution is 6.31. The van der Waals surface area contributed by atoms with Crippen LogP contribution in [0.3, 0.4) is 0 Å². The van der Waals surface area contributed by atoms with Gasteiger partial charge in [-0.2, -0.15) is 0 Å². The zero-order valence-corrected chi connectivity index (χ0v) is 13.6. The van der Waals surface area contributed by atoms with Gasteiger partial charge in [0.2, 0.25) is 0 Å². The smallest absolute Gasteiger partial charge is 0.266 e. The van der Waals surface area contributed by atoms with Gasteiger partial charge in [-0.05, 0) is 48.7 Å². The fourth-order valence-electron chi connectivity index (χ4n) is 2.58. The van der Waals surface area contributed by atoms with Crippen LogP contribution in [-0.4, -0.2) is 9.55 Å². The Hall–Kier alpha value is -2.13. The summed E-state index contributed by atoms with van der Waals surface area (Å²) >= 11 is 6.01. The van der Waals surface area contributed by atoms with Crippen molar-refractivity contribution in [2.24, 2.45) is 0 Å². The molecule has 0 aliphatic carbocycles. The summed E-state index contributed by atoms with van der Waals surface area (Å²) in [6.45, 7) is 6.13. The molecule has 4 heteroatoms. The van der Waals surface area contributed by atoms with E-state index in [4.69, 9.17) is 11.6 Å². The predicted octanol–water partition coefficient (Wildman–Crippen LogP) is 4.47. The van der Waals surface area contributed by atoms with Crippen molar-refractivity contribution in [2.75, 3.05) is 0 Å². The van der Waals surface area contributed by atoms with Crippen molar-refractivity contribution in [3.63, 3.8) is 0 Å². The van der Waals surface area contributed by atoms with Gasteiger partial charge in [0.05, 0.1) is 16.6 Å². The lowest BCUT2D eigenvalue weighted by atomic mass is 10.0. The number of nitrogens with zero attached hydrogens (tertiary/aromatic N) is 2. The molecule has 1 heterocycles. The molecule has 112 valence electrons. The first-order valence-corrected chi connectivity index (χ1v) is 7.64. The minimum atomic E-state index is -0.0951. The third-order valence-corrected chi connectivity index (χ3v) is 4.05. The summed E-state index contributed by atoms with van der Waals surface area (Å²) in [6, 6.07) is 13.2. The number of rotatable bonds is 2. The van der Waals surface area contributed by atoms with Gasteiger partial charge in [0.15, 0.2) is 0 Å². The minimum absolute atomic E-state index is 0.0951. The Morgan fingerprint density at radius 3 is 2.41 bits per heavy atom. The number of benzene rings is 2. The van der Waals surface area contributed by atoms with Gasteiger partial charge >= 0.3 is 0 Å². The number of aryl methyl sites for hydroxylation is 1. The largest absolute Gasteiger partial charge is 0.268 e. The normalized spacial score (nSPS) is 11.3. The van der Waals surface area contributed by atoms with E-state index in [1.54, 1.807) is 22.8 Å². The number of fused-ring (bicyclic) bond motifs is 1. The Bertz CT molecular complexity index is 895. The Labute approximate surface area is 134 Å². The van der Waals surface area contributed by atoms with Crippen molar-refractivity contribution in [2.45, 2.75) is 26.7 Å². The number of halogens is 1. The van der Waals surface area contributed by atoms with Crippen molar-refractivity contribution in [3.05, 3.63) is 69.2 Å². The van der Waals surface area contributed by atoms with E-state index in [2.05, 4.69) is 18.8 Å². The first-order chi connectivity index (χ1) is 10.5. The Morgan fingerprint density at radius 2 is 1.77 bits per heavy atom. The second-order valence-corrected chi connectivity index (χ2v) is 6.14. The summed E-state index contributed by atoms with van der Waals surface area (Å²) in [6.07, 6.45) is 0. The van der Waals surface area contributed by atoms with Crippen LogP contribution in [0.25, 0.3) is 16.6 Å². The van der Waals surface area contributed by atoms with E-state index in [0.29, 0.717) is 27.7 Å². The van der Waals surface area contributed by atoms with Gasteiger partial charge < -0.3 is 0 Å². The zero-order valence-electron chi connectivity index (χ0n) is 12.8. The predicted molar refractivity (Wildman–Crippen MR) is 91.2 cm³/mol. The number of hydrogen-bond acceptors (Lipinski definition) is 2. The second kappa shape index (κ2) is 5.58. The maximum absolute atomic E-state index is 12.8. The molecule has 0 aliphatic rings. The van der Waals surface area contributed by atoms with E-state index < -0.39 is 0 Å². The molecule has 0 aliphatic heterocycles. The van der Waals surface area contributed by atoms with E-state index in [9.17, 15) is 4.79 Å². The molecule has 2 aromatic carbocycles. The SMILES string of the molecule is Cc1nc2ccc(Cl)cc2c(=O)n1-c1ccc(C(C)C)cc1. The molecule has 0 saturated heterocycles. The topological polar surface area (TPSA) is 34.9 Å². The van der Waals surface area contributed by atoms with E-state index in [0.717, 1.165) is 5.69 Å². The lowest BCUT2D eigenvalue weighted by Crippen LogP contribution is -2.22. The zero-order chi connectivity index (χ0) is 15.9. The third-order valence-electron chi connectivity index (χ3n) is 3.82. The molecular weight excluding hydrogens is 296 g/mol. The average molecular weight is 313 g/mol. The van der Waals surface area contributed by atoms with Gasteiger partial charge in [-0.3, -0.25) is 9.36 Å². The van der Waals surface area contributed by atoms with Crippen molar-refractivity contribution < 1.29 is 0 Å². The lowest BCUT2D eigenvalue weighted by molar-refractivity contribution is 0.858. The van der Waals surface area contributed by atoms with Crippen molar-refractivity contribution in [3.8, 4) is 5.69 Å². The molecule has 1 aromatic heterocycles. The van der Waals surface area contributed by atoms with Crippen molar-refractivity contribution in [1.82, 2.24) is 9.55 Å². The van der Waals surface area contributed by atoms with Gasteiger partial charge in [-0.25, -0.2) is 4.98 Å². The highest BCUT2D eigenvalue weighted by Gasteiger charge is 2.10. The summed E-state index contributed by atoms with van der Waals surface area (Å²) in [7, 11) is 0. The Balaban J connectivity index is 2.24. The molecule has 22 heavy (non-hydrogen) atoms. The number of aromatic nitrogens is 2. The quantitative estimate of drug-likeness (QED) is 0.699. The van der Waals surface area contributed by atoms with E-state index in [1.807, 2.05) is 31.2 Å². The highest BCUT2D eigenvalue weighted by Crippen LogP contribution is 2.19. The van der Waals surface area contributed by atoms with Gasteiger partial charge in [-0.15, -0.1) is 0 Å². The highest BCUT2D eigenvalue weighted by atomic mass is 35.5. The van der Waals surface area contributed by atoms with Gasteiger partial charge in [0.1, 0.15) is 5.82 Å². The summed E-state index contributed by atoms with van der Waals surface area (Å²) in [5, 5.41) is 1.07. The van der Waals surface area contributed by atoms with Crippen molar-refractivity contribution in [1.29, 1.82) is 0 Å². The number of hydrogen-bond donors (Lipinski definition) is 0. The second-order valence-electron chi connectivity index (χ2n) is 5.71. The fourth-order valence-corrected chi connectivity index (χ4v) is 2.75. The van der Waals surface area contributed by atoms with Crippen LogP contribution in [0.2, 0.25) is 5.02 Å².